The highest BCUT2D eigenvalue weighted by atomic mass is 79.9. The molecule has 0 atom stereocenters. The van der Waals surface area contributed by atoms with Crippen LogP contribution in [0.1, 0.15) is 11.1 Å². The number of fused-ring (bicyclic) bond motifs is 1. The van der Waals surface area contributed by atoms with Crippen LogP contribution in [0.2, 0.25) is 5.02 Å². The van der Waals surface area contributed by atoms with Gasteiger partial charge in [0.1, 0.15) is 17.9 Å². The molecule has 0 aliphatic carbocycles. The third kappa shape index (κ3) is 4.76. The Morgan fingerprint density at radius 2 is 1.69 bits per heavy atom. The molecule has 8 heteroatoms. The molecule has 0 spiro atoms. The molecule has 6 nitrogen and oxygen atoms in total. The summed E-state index contributed by atoms with van der Waals surface area (Å²) in [5.74, 6) is -1.07. The molecule has 4 amide bonds. The molecule has 1 N–H and O–H groups in total. The highest BCUT2D eigenvalue weighted by Gasteiger charge is 2.37. The highest BCUT2D eigenvalue weighted by Crippen LogP contribution is 2.30. The van der Waals surface area contributed by atoms with Gasteiger partial charge in [-0.15, -0.1) is 0 Å². The first-order valence-electron chi connectivity index (χ1n) is 11.0. The average Bonchev–Trinajstić information content (AvgIpc) is 2.86. The van der Waals surface area contributed by atoms with Gasteiger partial charge < -0.3 is 4.74 Å². The van der Waals surface area contributed by atoms with Crippen LogP contribution in [0.25, 0.3) is 16.8 Å². The van der Waals surface area contributed by atoms with E-state index in [0.717, 1.165) is 25.7 Å². The van der Waals surface area contributed by atoms with E-state index in [0.29, 0.717) is 16.3 Å². The van der Waals surface area contributed by atoms with Crippen molar-refractivity contribution in [2.75, 3.05) is 4.90 Å². The third-order valence-corrected chi connectivity index (χ3v) is 6.43. The summed E-state index contributed by atoms with van der Waals surface area (Å²) in [6.07, 6.45) is 1.42. The maximum atomic E-state index is 13.3. The van der Waals surface area contributed by atoms with E-state index >= 15 is 0 Å². The third-order valence-electron chi connectivity index (χ3n) is 5.70. The lowest BCUT2D eigenvalue weighted by Crippen LogP contribution is -2.54. The number of anilines is 1. The number of carbonyl (C=O) groups excluding carboxylic acids is 3. The summed E-state index contributed by atoms with van der Waals surface area (Å²) in [5.41, 5.74) is 1.55. The van der Waals surface area contributed by atoms with Gasteiger partial charge in [0.2, 0.25) is 0 Å². The number of imide groups is 2. The van der Waals surface area contributed by atoms with Crippen molar-refractivity contribution in [3.63, 3.8) is 0 Å². The van der Waals surface area contributed by atoms with Crippen LogP contribution in [0.5, 0.6) is 5.75 Å². The van der Waals surface area contributed by atoms with Gasteiger partial charge in [-0.3, -0.25) is 14.9 Å². The van der Waals surface area contributed by atoms with Crippen molar-refractivity contribution < 1.29 is 19.1 Å². The minimum atomic E-state index is -0.842. The summed E-state index contributed by atoms with van der Waals surface area (Å²) < 4.78 is 6.87. The molecule has 36 heavy (non-hydrogen) atoms. The molecule has 4 aromatic carbocycles. The predicted molar refractivity (Wildman–Crippen MR) is 143 cm³/mol. The molecule has 0 unspecified atom stereocenters. The smallest absolute Gasteiger partial charge is 0.335 e. The molecule has 178 valence electrons. The van der Waals surface area contributed by atoms with Crippen molar-refractivity contribution in [2.45, 2.75) is 6.61 Å². The second kappa shape index (κ2) is 9.97. The van der Waals surface area contributed by atoms with Crippen LogP contribution in [-0.4, -0.2) is 17.8 Å². The number of nitrogens with one attached hydrogen (secondary N) is 1. The largest absolute Gasteiger partial charge is 0.488 e. The fourth-order valence-electron chi connectivity index (χ4n) is 4.00. The Morgan fingerprint density at radius 3 is 2.53 bits per heavy atom. The molecule has 0 radical (unpaired) electrons. The lowest BCUT2D eigenvalue weighted by molar-refractivity contribution is -0.122. The van der Waals surface area contributed by atoms with E-state index in [4.69, 9.17) is 16.3 Å². The Bertz CT molecular complexity index is 1560. The van der Waals surface area contributed by atoms with Crippen LogP contribution in [0.4, 0.5) is 10.5 Å². The number of urea groups is 1. The number of hydrogen-bond donors (Lipinski definition) is 1. The molecular formula is C28H18BrClN2O4. The molecule has 0 bridgehead atoms. The van der Waals surface area contributed by atoms with Crippen molar-refractivity contribution in [1.29, 1.82) is 0 Å². The van der Waals surface area contributed by atoms with Crippen LogP contribution in [0.15, 0.2) is 95.0 Å². The van der Waals surface area contributed by atoms with Gasteiger partial charge in [0, 0.05) is 15.1 Å². The number of benzene rings is 4. The zero-order valence-electron chi connectivity index (χ0n) is 18.7. The number of ether oxygens (including phenoxy) is 1. The van der Waals surface area contributed by atoms with Gasteiger partial charge in [-0.25, -0.2) is 9.69 Å². The minimum Gasteiger partial charge on any atom is -0.488 e. The Morgan fingerprint density at radius 1 is 0.917 bits per heavy atom. The first-order chi connectivity index (χ1) is 17.4. The van der Waals surface area contributed by atoms with Crippen molar-refractivity contribution in [3.8, 4) is 5.75 Å². The molecule has 1 fully saturated rings. The number of carbonyl (C=O) groups is 3. The van der Waals surface area contributed by atoms with Gasteiger partial charge in [0.15, 0.2) is 0 Å². The SMILES string of the molecule is O=C1NC(=O)N(c2cccc(Cl)c2)C(=O)/C1=C/c1cc(Br)ccc1OCc1cccc2ccccc12. The topological polar surface area (TPSA) is 75.7 Å². The molecule has 0 saturated carbocycles. The lowest BCUT2D eigenvalue weighted by atomic mass is 10.0. The van der Waals surface area contributed by atoms with Crippen molar-refractivity contribution in [3.05, 3.63) is 111 Å². The minimum absolute atomic E-state index is 0.206. The Balaban J connectivity index is 1.49. The predicted octanol–water partition coefficient (Wildman–Crippen LogP) is 6.50. The summed E-state index contributed by atoms with van der Waals surface area (Å²) in [6.45, 7) is 0.284. The van der Waals surface area contributed by atoms with Crippen molar-refractivity contribution in [1.82, 2.24) is 5.32 Å². The maximum absolute atomic E-state index is 13.3. The molecule has 5 rings (SSSR count). The van der Waals surface area contributed by atoms with Gasteiger partial charge in [-0.05, 0) is 58.8 Å². The van der Waals surface area contributed by atoms with Gasteiger partial charge in [-0.1, -0.05) is 76.1 Å². The number of barbiturate groups is 1. The number of amides is 4. The zero-order chi connectivity index (χ0) is 25.2. The standard InChI is InChI=1S/C28H18BrClN2O4/c29-20-11-12-25(36-16-18-7-3-6-17-5-1-2-10-23(17)18)19(13-20)14-24-26(33)31-28(35)32(27(24)34)22-9-4-8-21(30)15-22/h1-15H,16H2,(H,31,33,35)/b24-14+. The summed E-state index contributed by atoms with van der Waals surface area (Å²) >= 11 is 9.48. The van der Waals surface area contributed by atoms with E-state index in [1.165, 1.54) is 12.1 Å². The highest BCUT2D eigenvalue weighted by molar-refractivity contribution is 9.10. The molecule has 1 heterocycles. The molecule has 0 aromatic heterocycles. The molecule has 1 aliphatic rings. The molecule has 4 aromatic rings. The second-order valence-corrected chi connectivity index (χ2v) is 9.40. The van der Waals surface area contributed by atoms with Crippen molar-refractivity contribution >= 4 is 67.9 Å². The first kappa shape index (κ1) is 23.8. The van der Waals surface area contributed by atoms with E-state index < -0.39 is 17.8 Å². The number of rotatable bonds is 5. The van der Waals surface area contributed by atoms with E-state index in [1.54, 1.807) is 30.3 Å². The normalized spacial score (nSPS) is 14.9. The quantitative estimate of drug-likeness (QED) is 0.223. The molecule has 1 aliphatic heterocycles. The van der Waals surface area contributed by atoms with Crippen LogP contribution in [0, 0.1) is 0 Å². The first-order valence-corrected chi connectivity index (χ1v) is 12.1. The van der Waals surface area contributed by atoms with Crippen molar-refractivity contribution in [2.24, 2.45) is 0 Å². The number of nitrogens with zero attached hydrogens (tertiary/aromatic N) is 1. The Kier molecular flexibility index (Phi) is 6.59. The lowest BCUT2D eigenvalue weighted by Gasteiger charge is -2.26. The second-order valence-electron chi connectivity index (χ2n) is 8.05. The van der Waals surface area contributed by atoms with Gasteiger partial charge in [0.25, 0.3) is 11.8 Å². The average molecular weight is 562 g/mol. The summed E-state index contributed by atoms with van der Waals surface area (Å²) in [7, 11) is 0. The molecule has 1 saturated heterocycles. The number of hydrogen-bond acceptors (Lipinski definition) is 4. The van der Waals surface area contributed by atoms with E-state index in [1.807, 2.05) is 48.5 Å². The van der Waals surface area contributed by atoms with E-state index in [-0.39, 0.29) is 17.9 Å². The summed E-state index contributed by atoms with van der Waals surface area (Å²) in [4.78, 5) is 39.3. The van der Waals surface area contributed by atoms with Gasteiger partial charge in [-0.2, -0.15) is 0 Å². The fourth-order valence-corrected chi connectivity index (χ4v) is 4.56. The van der Waals surface area contributed by atoms with Gasteiger partial charge in [0.05, 0.1) is 5.69 Å². The zero-order valence-corrected chi connectivity index (χ0v) is 21.0. The van der Waals surface area contributed by atoms with Crippen LogP contribution in [0.3, 0.4) is 0 Å². The summed E-state index contributed by atoms with van der Waals surface area (Å²) in [5, 5.41) is 4.76. The summed E-state index contributed by atoms with van der Waals surface area (Å²) in [6, 6.07) is 24.8. The van der Waals surface area contributed by atoms with Crippen LogP contribution in [-0.2, 0) is 16.2 Å². The Hall–Kier alpha value is -3.94. The van der Waals surface area contributed by atoms with Gasteiger partial charge >= 0.3 is 6.03 Å². The molecular weight excluding hydrogens is 544 g/mol. The monoisotopic (exact) mass is 560 g/mol. The van der Waals surface area contributed by atoms with E-state index in [9.17, 15) is 14.4 Å². The maximum Gasteiger partial charge on any atom is 0.335 e. The van der Waals surface area contributed by atoms with E-state index in [2.05, 4.69) is 21.2 Å². The Labute approximate surface area is 220 Å². The fraction of sp³-hybridized carbons (Fsp3) is 0.0357. The van der Waals surface area contributed by atoms with Crippen LogP contribution >= 0.6 is 27.5 Å². The number of halogens is 2. The van der Waals surface area contributed by atoms with Crippen LogP contribution < -0.4 is 15.0 Å².